The Labute approximate surface area is 154 Å². The summed E-state index contributed by atoms with van der Waals surface area (Å²) >= 11 is 1.30. The minimum Gasteiger partial charge on any atom is -0.493 e. The molecule has 2 heterocycles. The summed E-state index contributed by atoms with van der Waals surface area (Å²) in [5.41, 5.74) is 2.75. The van der Waals surface area contributed by atoms with E-state index in [-0.39, 0.29) is 12.7 Å². The van der Waals surface area contributed by atoms with Crippen LogP contribution in [0.25, 0.3) is 6.08 Å². The monoisotopic (exact) mass is 368 g/mol. The highest BCUT2D eigenvalue weighted by molar-refractivity contribution is 8.18. The van der Waals surface area contributed by atoms with Crippen LogP contribution in [0.2, 0.25) is 0 Å². The molecule has 0 aliphatic carbocycles. The van der Waals surface area contributed by atoms with Crippen molar-refractivity contribution in [1.29, 1.82) is 0 Å². The number of ether oxygens (including phenoxy) is 3. The van der Waals surface area contributed by atoms with E-state index in [1.807, 2.05) is 43.3 Å². The minimum atomic E-state index is -0.183. The largest absolute Gasteiger partial charge is 0.493 e. The molecule has 0 unspecified atom stereocenters. The number of hydrogen-bond donors (Lipinski definition) is 1. The van der Waals surface area contributed by atoms with Gasteiger partial charge in [-0.25, -0.2) is 4.99 Å². The molecular formula is C19H16N2O4S. The molecule has 1 N–H and O–H groups in total. The summed E-state index contributed by atoms with van der Waals surface area (Å²) in [5, 5.41) is 3.34. The third-order valence-electron chi connectivity index (χ3n) is 3.89. The number of amides is 1. The van der Waals surface area contributed by atoms with Crippen molar-refractivity contribution in [2.24, 2.45) is 4.99 Å². The second-order valence-corrected chi connectivity index (χ2v) is 6.80. The number of nitrogens with zero attached hydrogens (tertiary/aromatic N) is 1. The molecule has 1 saturated heterocycles. The number of rotatable bonds is 3. The molecule has 2 aromatic carbocycles. The van der Waals surface area contributed by atoms with E-state index in [4.69, 9.17) is 14.2 Å². The first-order valence-electron chi connectivity index (χ1n) is 7.96. The van der Waals surface area contributed by atoms with Crippen LogP contribution in [0.4, 0.5) is 5.69 Å². The van der Waals surface area contributed by atoms with Gasteiger partial charge in [-0.2, -0.15) is 0 Å². The molecule has 4 rings (SSSR count). The zero-order valence-electron chi connectivity index (χ0n) is 14.2. The summed E-state index contributed by atoms with van der Waals surface area (Å²) < 4.78 is 16.1. The van der Waals surface area contributed by atoms with Crippen molar-refractivity contribution in [1.82, 2.24) is 5.32 Å². The van der Waals surface area contributed by atoms with Crippen molar-refractivity contribution in [2.75, 3.05) is 13.9 Å². The third kappa shape index (κ3) is 3.25. The van der Waals surface area contributed by atoms with E-state index in [1.165, 1.54) is 11.8 Å². The van der Waals surface area contributed by atoms with Crippen LogP contribution in [0.15, 0.2) is 46.3 Å². The van der Waals surface area contributed by atoms with E-state index in [2.05, 4.69) is 10.3 Å². The Morgan fingerprint density at radius 1 is 1.23 bits per heavy atom. The van der Waals surface area contributed by atoms with Gasteiger partial charge in [0.25, 0.3) is 5.91 Å². The summed E-state index contributed by atoms with van der Waals surface area (Å²) in [7, 11) is 1.57. The van der Waals surface area contributed by atoms with Gasteiger partial charge < -0.3 is 19.5 Å². The van der Waals surface area contributed by atoms with Crippen molar-refractivity contribution in [3.05, 3.63) is 52.4 Å². The van der Waals surface area contributed by atoms with E-state index < -0.39 is 0 Å². The number of methoxy groups -OCH3 is 1. The molecule has 7 heteroatoms. The molecule has 0 radical (unpaired) electrons. The summed E-state index contributed by atoms with van der Waals surface area (Å²) in [6.07, 6.45) is 1.78. The Morgan fingerprint density at radius 2 is 2.04 bits per heavy atom. The lowest BCUT2D eigenvalue weighted by Crippen LogP contribution is -2.19. The van der Waals surface area contributed by atoms with E-state index in [0.29, 0.717) is 27.3 Å². The highest BCUT2D eigenvalue weighted by atomic mass is 32.2. The molecule has 0 atom stereocenters. The molecule has 26 heavy (non-hydrogen) atoms. The van der Waals surface area contributed by atoms with Gasteiger partial charge in [-0.3, -0.25) is 4.79 Å². The summed E-state index contributed by atoms with van der Waals surface area (Å²) in [6.45, 7) is 2.18. The third-order valence-corrected chi connectivity index (χ3v) is 4.80. The maximum absolute atomic E-state index is 12.3. The smallest absolute Gasteiger partial charge is 0.264 e. The molecule has 2 aromatic rings. The van der Waals surface area contributed by atoms with E-state index >= 15 is 0 Å². The molecule has 6 nitrogen and oxygen atoms in total. The van der Waals surface area contributed by atoms with Crippen molar-refractivity contribution in [3.63, 3.8) is 0 Å². The zero-order chi connectivity index (χ0) is 18.1. The topological polar surface area (TPSA) is 69.2 Å². The standard InChI is InChI=1S/C19H16N2O4S/c1-11-3-5-13(6-4-11)20-19-21-18(22)16(26-19)9-12-7-14(23-2)17-15(8-12)24-10-25-17/h3-9H,10H2,1-2H3,(H,20,21,22)/b16-9-. The van der Waals surface area contributed by atoms with Crippen LogP contribution in [0, 0.1) is 6.92 Å². The fraction of sp³-hybridized carbons (Fsp3) is 0.158. The van der Waals surface area contributed by atoms with Gasteiger partial charge in [0.1, 0.15) is 0 Å². The molecule has 132 valence electrons. The van der Waals surface area contributed by atoms with Crippen LogP contribution in [-0.2, 0) is 4.79 Å². The van der Waals surface area contributed by atoms with Crippen LogP contribution in [-0.4, -0.2) is 25.0 Å². The molecule has 2 aliphatic heterocycles. The van der Waals surface area contributed by atoms with Gasteiger partial charge in [0.05, 0.1) is 17.7 Å². The molecule has 0 bridgehead atoms. The van der Waals surface area contributed by atoms with Gasteiger partial charge >= 0.3 is 0 Å². The van der Waals surface area contributed by atoms with Crippen LogP contribution in [0.3, 0.4) is 0 Å². The minimum absolute atomic E-state index is 0.161. The molecule has 2 aliphatic rings. The van der Waals surface area contributed by atoms with E-state index in [9.17, 15) is 4.79 Å². The lowest BCUT2D eigenvalue weighted by Gasteiger charge is -2.06. The Hall–Kier alpha value is -2.93. The number of thioether (sulfide) groups is 1. The predicted molar refractivity (Wildman–Crippen MR) is 101 cm³/mol. The van der Waals surface area contributed by atoms with Crippen LogP contribution in [0.5, 0.6) is 17.2 Å². The number of aryl methyl sites for hydroxylation is 1. The Kier molecular flexibility index (Phi) is 4.30. The summed E-state index contributed by atoms with van der Waals surface area (Å²) in [4.78, 5) is 17.3. The average molecular weight is 368 g/mol. The first kappa shape index (κ1) is 16.5. The van der Waals surface area contributed by atoms with Gasteiger partial charge in [0.15, 0.2) is 16.7 Å². The van der Waals surface area contributed by atoms with Crippen LogP contribution in [0.1, 0.15) is 11.1 Å². The lowest BCUT2D eigenvalue weighted by molar-refractivity contribution is -0.115. The van der Waals surface area contributed by atoms with Gasteiger partial charge in [0, 0.05) is 0 Å². The van der Waals surface area contributed by atoms with Crippen molar-refractivity contribution < 1.29 is 19.0 Å². The number of nitrogens with one attached hydrogen (secondary N) is 1. The van der Waals surface area contributed by atoms with Crippen LogP contribution >= 0.6 is 11.8 Å². The number of amidine groups is 1. The maximum Gasteiger partial charge on any atom is 0.264 e. The molecule has 0 saturated carbocycles. The number of fused-ring (bicyclic) bond motifs is 1. The van der Waals surface area contributed by atoms with E-state index in [1.54, 1.807) is 13.2 Å². The first-order chi connectivity index (χ1) is 12.6. The molecule has 0 aromatic heterocycles. The summed E-state index contributed by atoms with van der Waals surface area (Å²) in [6, 6.07) is 11.4. The van der Waals surface area contributed by atoms with Gasteiger partial charge in [-0.1, -0.05) is 17.7 Å². The van der Waals surface area contributed by atoms with Gasteiger partial charge in [-0.15, -0.1) is 0 Å². The normalized spacial score (nSPS) is 18.5. The highest BCUT2D eigenvalue weighted by Crippen LogP contribution is 2.42. The fourth-order valence-corrected chi connectivity index (χ4v) is 3.44. The molecule has 1 fully saturated rings. The number of aliphatic imine (C=N–C) groups is 1. The van der Waals surface area contributed by atoms with Crippen LogP contribution < -0.4 is 19.5 Å². The number of carbonyl (C=O) groups excluding carboxylic acids is 1. The molecular weight excluding hydrogens is 352 g/mol. The summed E-state index contributed by atoms with van der Waals surface area (Å²) in [5.74, 6) is 1.58. The Balaban J connectivity index is 1.60. The lowest BCUT2D eigenvalue weighted by atomic mass is 10.1. The number of hydrogen-bond acceptors (Lipinski definition) is 6. The van der Waals surface area contributed by atoms with Crippen molar-refractivity contribution in [3.8, 4) is 17.2 Å². The van der Waals surface area contributed by atoms with Crippen molar-refractivity contribution in [2.45, 2.75) is 6.92 Å². The fourth-order valence-electron chi connectivity index (χ4n) is 2.60. The van der Waals surface area contributed by atoms with Gasteiger partial charge in [0.2, 0.25) is 12.5 Å². The quantitative estimate of drug-likeness (QED) is 0.838. The molecule has 1 amide bonds. The van der Waals surface area contributed by atoms with Crippen molar-refractivity contribution >= 4 is 34.6 Å². The first-order valence-corrected chi connectivity index (χ1v) is 8.78. The van der Waals surface area contributed by atoms with Gasteiger partial charge in [-0.05, 0) is 54.6 Å². The predicted octanol–water partition coefficient (Wildman–Crippen LogP) is 3.62. The Morgan fingerprint density at radius 3 is 2.81 bits per heavy atom. The number of benzene rings is 2. The number of carbonyl (C=O) groups is 1. The second kappa shape index (κ2) is 6.76. The SMILES string of the molecule is COc1cc(/C=C2\SC(=Nc3ccc(C)cc3)NC2=O)cc2c1OCO2. The zero-order valence-corrected chi connectivity index (χ0v) is 15.1. The molecule has 0 spiro atoms. The maximum atomic E-state index is 12.3. The Bertz CT molecular complexity index is 935. The highest BCUT2D eigenvalue weighted by Gasteiger charge is 2.25. The van der Waals surface area contributed by atoms with E-state index in [0.717, 1.165) is 16.8 Å². The average Bonchev–Trinajstić information content (AvgIpc) is 3.23. The second-order valence-electron chi connectivity index (χ2n) is 5.77.